The van der Waals surface area contributed by atoms with Gasteiger partial charge >= 0.3 is 0 Å². The van der Waals surface area contributed by atoms with Crippen LogP contribution in [-0.4, -0.2) is 35.9 Å². The summed E-state index contributed by atoms with van der Waals surface area (Å²) in [5.41, 5.74) is 4.49. The second kappa shape index (κ2) is 6.39. The van der Waals surface area contributed by atoms with Gasteiger partial charge in [-0.3, -0.25) is 0 Å². The Morgan fingerprint density at radius 3 is 2.50 bits per heavy atom. The number of hydrogen-bond donors (Lipinski definition) is 2. The van der Waals surface area contributed by atoms with Gasteiger partial charge in [-0.15, -0.1) is 0 Å². The number of nitrogens with one attached hydrogen (secondary N) is 2. The minimum atomic E-state index is -2.91. The Kier molecular flexibility index (Phi) is 4.45. The summed E-state index contributed by atoms with van der Waals surface area (Å²) in [5, 5.41) is 6.46. The lowest BCUT2D eigenvalue weighted by Crippen LogP contribution is -2.21. The van der Waals surface area contributed by atoms with Crippen LogP contribution in [0.4, 0.5) is 17.5 Å². The van der Waals surface area contributed by atoms with E-state index in [0.29, 0.717) is 18.2 Å². The highest BCUT2D eigenvalue weighted by molar-refractivity contribution is 7.91. The van der Waals surface area contributed by atoms with E-state index in [9.17, 15) is 8.42 Å². The normalized spacial score (nSPS) is 19.2. The van der Waals surface area contributed by atoms with Crippen molar-refractivity contribution in [2.24, 2.45) is 0 Å². The van der Waals surface area contributed by atoms with Gasteiger partial charge in [-0.1, -0.05) is 17.7 Å². The summed E-state index contributed by atoms with van der Waals surface area (Å²) in [6, 6.07) is 5.90. The smallest absolute Gasteiger partial charge is 0.229 e. The first kappa shape index (κ1) is 16.7. The minimum Gasteiger partial charge on any atom is -0.366 e. The van der Waals surface area contributed by atoms with Crippen LogP contribution in [0.1, 0.15) is 23.1 Å². The maximum Gasteiger partial charge on any atom is 0.229 e. The molecule has 1 fully saturated rings. The van der Waals surface area contributed by atoms with Crippen molar-refractivity contribution in [3.8, 4) is 0 Å². The van der Waals surface area contributed by atoms with Gasteiger partial charge in [0.2, 0.25) is 5.95 Å². The number of hydrogen-bond acceptors (Lipinski definition) is 6. The van der Waals surface area contributed by atoms with Gasteiger partial charge in [0.1, 0.15) is 5.82 Å². The zero-order valence-electron chi connectivity index (χ0n) is 14.1. The highest BCUT2D eigenvalue weighted by Gasteiger charge is 2.27. The van der Waals surface area contributed by atoms with Crippen LogP contribution in [0, 0.1) is 20.8 Å². The van der Waals surface area contributed by atoms with Crippen molar-refractivity contribution in [1.29, 1.82) is 0 Å². The van der Waals surface area contributed by atoms with Crippen LogP contribution < -0.4 is 10.6 Å². The molecule has 7 heteroatoms. The second-order valence-electron chi connectivity index (χ2n) is 6.41. The van der Waals surface area contributed by atoms with Crippen molar-refractivity contribution in [1.82, 2.24) is 9.97 Å². The summed E-state index contributed by atoms with van der Waals surface area (Å²) in [5.74, 6) is 1.53. The molecule has 128 valence electrons. The predicted octanol–water partition coefficient (Wildman–Crippen LogP) is 2.74. The maximum atomic E-state index is 11.6. The molecule has 24 heavy (non-hydrogen) atoms. The largest absolute Gasteiger partial charge is 0.366 e. The molecule has 0 spiro atoms. The number of nitrogens with zero attached hydrogens (tertiary/aromatic N) is 2. The molecule has 1 atom stereocenters. The van der Waals surface area contributed by atoms with Crippen molar-refractivity contribution < 1.29 is 8.42 Å². The molecule has 0 amide bonds. The molecule has 6 nitrogen and oxygen atoms in total. The van der Waals surface area contributed by atoms with Gasteiger partial charge in [-0.2, -0.15) is 4.98 Å². The molecule has 1 saturated heterocycles. The number of aryl methyl sites for hydroxylation is 3. The average molecular weight is 346 g/mol. The van der Waals surface area contributed by atoms with Crippen LogP contribution in [0.3, 0.4) is 0 Å². The topological polar surface area (TPSA) is 84.0 Å². The van der Waals surface area contributed by atoms with Crippen LogP contribution >= 0.6 is 0 Å². The summed E-state index contributed by atoms with van der Waals surface area (Å²) < 4.78 is 23.1. The van der Waals surface area contributed by atoms with E-state index in [-0.39, 0.29) is 17.5 Å². The van der Waals surface area contributed by atoms with Crippen molar-refractivity contribution in [3.63, 3.8) is 0 Å². The van der Waals surface area contributed by atoms with Crippen LogP contribution in [0.15, 0.2) is 24.4 Å². The van der Waals surface area contributed by atoms with Crippen molar-refractivity contribution in [2.45, 2.75) is 33.2 Å². The third-order valence-corrected chi connectivity index (χ3v) is 5.92. The van der Waals surface area contributed by atoms with Gasteiger partial charge in [0, 0.05) is 17.9 Å². The molecule has 1 aliphatic rings. The third-order valence-electron chi connectivity index (χ3n) is 4.15. The monoisotopic (exact) mass is 346 g/mol. The lowest BCUT2D eigenvalue weighted by molar-refractivity contribution is 0.602. The zero-order chi connectivity index (χ0) is 17.3. The van der Waals surface area contributed by atoms with Gasteiger partial charge in [0.15, 0.2) is 9.84 Å². The van der Waals surface area contributed by atoms with Gasteiger partial charge in [-0.25, -0.2) is 13.4 Å². The molecule has 0 saturated carbocycles. The van der Waals surface area contributed by atoms with Crippen LogP contribution in [0.25, 0.3) is 0 Å². The van der Waals surface area contributed by atoms with E-state index >= 15 is 0 Å². The molecule has 2 N–H and O–H groups in total. The molecule has 1 aromatic carbocycles. The highest BCUT2D eigenvalue weighted by Crippen LogP contribution is 2.25. The Balaban J connectivity index is 1.77. The van der Waals surface area contributed by atoms with Crippen LogP contribution in [-0.2, 0) is 9.84 Å². The van der Waals surface area contributed by atoms with Gasteiger partial charge in [0.25, 0.3) is 0 Å². The number of benzene rings is 1. The summed E-state index contributed by atoms with van der Waals surface area (Å²) in [7, 11) is -2.91. The van der Waals surface area contributed by atoms with E-state index < -0.39 is 9.84 Å². The SMILES string of the molecule is Cc1cc(C)c(Nc2nccc(NC3CCS(=O)(=O)C3)n2)c(C)c1. The van der Waals surface area contributed by atoms with Crippen LogP contribution in [0.5, 0.6) is 0 Å². The molecular formula is C17H22N4O2S. The van der Waals surface area contributed by atoms with Crippen molar-refractivity contribution >= 4 is 27.3 Å². The molecule has 3 rings (SSSR count). The number of sulfone groups is 1. The van der Waals surface area contributed by atoms with E-state index in [1.165, 1.54) is 5.56 Å². The van der Waals surface area contributed by atoms with Gasteiger partial charge < -0.3 is 10.6 Å². The van der Waals surface area contributed by atoms with E-state index in [1.807, 2.05) is 13.8 Å². The summed E-state index contributed by atoms with van der Waals surface area (Å²) in [4.78, 5) is 8.72. The molecule has 1 aromatic heterocycles. The van der Waals surface area contributed by atoms with Crippen molar-refractivity contribution in [3.05, 3.63) is 41.1 Å². The molecule has 1 unspecified atom stereocenters. The minimum absolute atomic E-state index is 0.0828. The Bertz CT molecular complexity index is 842. The summed E-state index contributed by atoms with van der Waals surface area (Å²) >= 11 is 0. The fraction of sp³-hybridized carbons (Fsp3) is 0.412. The molecule has 1 aliphatic heterocycles. The Morgan fingerprint density at radius 2 is 1.88 bits per heavy atom. The van der Waals surface area contributed by atoms with E-state index in [1.54, 1.807) is 12.3 Å². The van der Waals surface area contributed by atoms with Crippen molar-refractivity contribution in [2.75, 3.05) is 22.1 Å². The quantitative estimate of drug-likeness (QED) is 0.885. The Labute approximate surface area is 142 Å². The first-order chi connectivity index (χ1) is 11.3. The maximum absolute atomic E-state index is 11.6. The summed E-state index contributed by atoms with van der Waals surface area (Å²) in [6.07, 6.45) is 2.28. The molecular weight excluding hydrogens is 324 g/mol. The second-order valence-corrected chi connectivity index (χ2v) is 8.64. The molecule has 0 aliphatic carbocycles. The van der Waals surface area contributed by atoms with Gasteiger partial charge in [-0.05, 0) is 44.4 Å². The fourth-order valence-corrected chi connectivity index (χ4v) is 4.78. The first-order valence-electron chi connectivity index (χ1n) is 7.97. The lowest BCUT2D eigenvalue weighted by atomic mass is 10.1. The van der Waals surface area contributed by atoms with E-state index in [0.717, 1.165) is 16.8 Å². The predicted molar refractivity (Wildman–Crippen MR) is 96.6 cm³/mol. The molecule has 2 heterocycles. The van der Waals surface area contributed by atoms with Crippen LogP contribution in [0.2, 0.25) is 0 Å². The average Bonchev–Trinajstić information content (AvgIpc) is 2.82. The summed E-state index contributed by atoms with van der Waals surface area (Å²) in [6.45, 7) is 6.17. The number of rotatable bonds is 4. The highest BCUT2D eigenvalue weighted by atomic mass is 32.2. The zero-order valence-corrected chi connectivity index (χ0v) is 14.9. The fourth-order valence-electron chi connectivity index (χ4n) is 3.11. The number of aromatic nitrogens is 2. The molecule has 0 bridgehead atoms. The lowest BCUT2D eigenvalue weighted by Gasteiger charge is -2.15. The van der Waals surface area contributed by atoms with Gasteiger partial charge in [0.05, 0.1) is 11.5 Å². The van der Waals surface area contributed by atoms with E-state index in [4.69, 9.17) is 0 Å². The van der Waals surface area contributed by atoms with E-state index in [2.05, 4.69) is 39.7 Å². The standard InChI is InChI=1S/C17H22N4O2S/c1-11-8-12(2)16(13(3)9-11)21-17-18-6-4-15(20-17)19-14-5-7-24(22,23)10-14/h4,6,8-9,14H,5,7,10H2,1-3H3,(H2,18,19,20,21). The first-order valence-corrected chi connectivity index (χ1v) is 9.79. The third kappa shape index (κ3) is 3.84. The Hall–Kier alpha value is -2.15. The molecule has 2 aromatic rings. The molecule has 0 radical (unpaired) electrons. The Morgan fingerprint density at radius 1 is 1.17 bits per heavy atom. The number of anilines is 3.